The van der Waals surface area contributed by atoms with Crippen molar-refractivity contribution >= 4 is 39.8 Å². The average Bonchev–Trinajstić information content (AvgIpc) is 2.80. The van der Waals surface area contributed by atoms with Crippen molar-refractivity contribution in [2.75, 3.05) is 44.1 Å². The third-order valence-corrected chi connectivity index (χ3v) is 6.30. The number of hydrogen-bond acceptors (Lipinski definition) is 7. The summed E-state index contributed by atoms with van der Waals surface area (Å²) in [6.07, 6.45) is 1.99. The third-order valence-electron chi connectivity index (χ3n) is 4.10. The summed E-state index contributed by atoms with van der Waals surface area (Å²) in [6, 6.07) is 0.932. The molecule has 2 heterocycles. The lowest BCUT2D eigenvalue weighted by Gasteiger charge is -2.43. The summed E-state index contributed by atoms with van der Waals surface area (Å²) in [5.41, 5.74) is 6.70. The molecule has 0 saturated carbocycles. The molecule has 2 N–H and O–H groups in total. The molecule has 0 radical (unpaired) electrons. The summed E-state index contributed by atoms with van der Waals surface area (Å²) < 4.78 is 4.83. The van der Waals surface area contributed by atoms with Gasteiger partial charge >= 0.3 is 5.97 Å². The lowest BCUT2D eigenvalue weighted by atomic mass is 10.1. The largest absolute Gasteiger partial charge is 0.465 e. The molecule has 118 valence electrons. The standard InChI is InChI=1S/C14H23N3O2S2/c1-8-6-17(7-9(2)16(8)3)13-11(20-5)10(15)12(21-13)14(18)19-4/h8-9H,6-7,15H2,1-5H3. The molecule has 2 unspecified atom stereocenters. The zero-order chi connectivity index (χ0) is 15.7. The number of thiophene rings is 1. The van der Waals surface area contributed by atoms with Crippen LogP contribution in [0, 0.1) is 0 Å². The van der Waals surface area contributed by atoms with E-state index in [0.29, 0.717) is 22.6 Å². The van der Waals surface area contributed by atoms with Crippen LogP contribution in [-0.4, -0.2) is 56.5 Å². The van der Waals surface area contributed by atoms with E-state index < -0.39 is 0 Å². The maximum absolute atomic E-state index is 11.9. The molecule has 1 aromatic rings. The summed E-state index contributed by atoms with van der Waals surface area (Å²) >= 11 is 3.03. The topological polar surface area (TPSA) is 58.8 Å². The normalized spacial score (nSPS) is 23.4. The van der Waals surface area contributed by atoms with Crippen LogP contribution in [0.4, 0.5) is 10.7 Å². The molecule has 0 aliphatic carbocycles. The zero-order valence-corrected chi connectivity index (χ0v) is 14.8. The quantitative estimate of drug-likeness (QED) is 0.679. The van der Waals surface area contributed by atoms with Crippen molar-refractivity contribution in [3.8, 4) is 0 Å². The van der Waals surface area contributed by atoms with E-state index in [4.69, 9.17) is 10.5 Å². The first kappa shape index (κ1) is 16.5. The fourth-order valence-corrected chi connectivity index (χ4v) is 4.75. The highest BCUT2D eigenvalue weighted by atomic mass is 32.2. The van der Waals surface area contributed by atoms with Gasteiger partial charge in [-0.15, -0.1) is 23.1 Å². The Hall–Kier alpha value is -0.920. The first-order valence-electron chi connectivity index (χ1n) is 6.92. The molecule has 5 nitrogen and oxygen atoms in total. The first-order chi connectivity index (χ1) is 9.90. The number of carbonyl (C=O) groups excluding carboxylic acids is 1. The smallest absolute Gasteiger partial charge is 0.350 e. The number of nitrogen functional groups attached to an aromatic ring is 1. The molecule has 1 aromatic heterocycles. The van der Waals surface area contributed by atoms with Crippen LogP contribution in [0.2, 0.25) is 0 Å². The van der Waals surface area contributed by atoms with Crippen LogP contribution < -0.4 is 10.6 Å². The van der Waals surface area contributed by atoms with Crippen LogP contribution in [0.3, 0.4) is 0 Å². The van der Waals surface area contributed by atoms with Gasteiger partial charge in [0.1, 0.15) is 9.88 Å². The van der Waals surface area contributed by atoms with E-state index in [1.807, 2.05) is 6.26 Å². The predicted molar refractivity (Wildman–Crippen MR) is 90.8 cm³/mol. The van der Waals surface area contributed by atoms with E-state index in [-0.39, 0.29) is 5.97 Å². The number of carbonyl (C=O) groups is 1. The van der Waals surface area contributed by atoms with E-state index in [2.05, 4.69) is 30.7 Å². The van der Waals surface area contributed by atoms with Crippen LogP contribution in [0.1, 0.15) is 23.5 Å². The van der Waals surface area contributed by atoms with Crippen LogP contribution in [0.25, 0.3) is 0 Å². The number of thioether (sulfide) groups is 1. The van der Waals surface area contributed by atoms with Crippen LogP contribution in [0.15, 0.2) is 4.90 Å². The Morgan fingerprint density at radius 3 is 2.43 bits per heavy atom. The number of methoxy groups -OCH3 is 1. The summed E-state index contributed by atoms with van der Waals surface area (Å²) in [5, 5.41) is 1.09. The van der Waals surface area contributed by atoms with E-state index in [0.717, 1.165) is 23.0 Å². The lowest BCUT2D eigenvalue weighted by molar-refractivity contribution is 0.0607. The van der Waals surface area contributed by atoms with Crippen LogP contribution in [0.5, 0.6) is 0 Å². The number of esters is 1. The van der Waals surface area contributed by atoms with Crippen LogP contribution in [-0.2, 0) is 4.74 Å². The van der Waals surface area contributed by atoms with Gasteiger partial charge in [-0.3, -0.25) is 4.90 Å². The SMILES string of the molecule is COC(=O)c1sc(N2CC(C)N(C)C(C)C2)c(SC)c1N. The van der Waals surface area contributed by atoms with E-state index >= 15 is 0 Å². The fourth-order valence-electron chi connectivity index (χ4n) is 2.64. The molecule has 0 bridgehead atoms. The Balaban J connectivity index is 2.37. The lowest BCUT2D eigenvalue weighted by Crippen LogP contribution is -2.55. The Bertz CT molecular complexity index is 521. The van der Waals surface area contributed by atoms with E-state index in [9.17, 15) is 4.79 Å². The van der Waals surface area contributed by atoms with Gasteiger partial charge in [0, 0.05) is 25.2 Å². The van der Waals surface area contributed by atoms with Gasteiger partial charge in [-0.2, -0.15) is 0 Å². The first-order valence-corrected chi connectivity index (χ1v) is 8.96. The molecule has 1 aliphatic heterocycles. The molecule has 0 spiro atoms. The molecular formula is C14H23N3O2S2. The predicted octanol–water partition coefficient (Wildman–Crippen LogP) is 2.37. The molecule has 1 saturated heterocycles. The van der Waals surface area contributed by atoms with Gasteiger partial charge in [-0.05, 0) is 27.2 Å². The second kappa shape index (κ2) is 6.46. The molecule has 7 heteroatoms. The van der Waals surface area contributed by atoms with Crippen molar-refractivity contribution < 1.29 is 9.53 Å². The number of ether oxygens (including phenoxy) is 1. The summed E-state index contributed by atoms with van der Waals surface area (Å²) in [6.45, 7) is 6.32. The van der Waals surface area contributed by atoms with Gasteiger partial charge in [0.15, 0.2) is 0 Å². The highest BCUT2D eigenvalue weighted by Gasteiger charge is 2.31. The van der Waals surface area contributed by atoms with Gasteiger partial charge in [0.05, 0.1) is 17.7 Å². The van der Waals surface area contributed by atoms with Crippen molar-refractivity contribution in [2.24, 2.45) is 0 Å². The second-order valence-corrected chi connectivity index (χ2v) is 7.26. The average molecular weight is 329 g/mol. The molecule has 2 atom stereocenters. The summed E-state index contributed by atoms with van der Waals surface area (Å²) in [4.78, 5) is 18.1. The van der Waals surface area contributed by atoms with Gasteiger partial charge < -0.3 is 15.4 Å². The Morgan fingerprint density at radius 2 is 1.95 bits per heavy atom. The maximum atomic E-state index is 11.9. The molecule has 1 fully saturated rings. The molecule has 0 aromatic carbocycles. The van der Waals surface area contributed by atoms with Crippen molar-refractivity contribution in [3.05, 3.63) is 4.88 Å². The van der Waals surface area contributed by atoms with Gasteiger partial charge in [-0.1, -0.05) is 0 Å². The van der Waals surface area contributed by atoms with E-state index in [1.165, 1.54) is 18.4 Å². The Labute approximate surface area is 134 Å². The molecule has 21 heavy (non-hydrogen) atoms. The molecule has 1 aliphatic rings. The summed E-state index contributed by atoms with van der Waals surface area (Å²) in [5.74, 6) is -0.353. The van der Waals surface area contributed by atoms with Crippen molar-refractivity contribution in [3.63, 3.8) is 0 Å². The van der Waals surface area contributed by atoms with Crippen molar-refractivity contribution in [2.45, 2.75) is 30.8 Å². The number of likely N-dealkylation sites (N-methyl/N-ethyl adjacent to an activating group) is 1. The molecular weight excluding hydrogens is 306 g/mol. The number of nitrogens with two attached hydrogens (primary N) is 1. The Kier molecular flexibility index (Phi) is 5.06. The number of rotatable bonds is 3. The minimum absolute atomic E-state index is 0.353. The van der Waals surface area contributed by atoms with Crippen molar-refractivity contribution in [1.29, 1.82) is 0 Å². The van der Waals surface area contributed by atoms with Gasteiger partial charge in [0.2, 0.25) is 0 Å². The van der Waals surface area contributed by atoms with Gasteiger partial charge in [-0.25, -0.2) is 4.79 Å². The number of hydrogen-bond donors (Lipinski definition) is 1. The molecule has 2 rings (SSSR count). The Morgan fingerprint density at radius 1 is 1.38 bits per heavy atom. The summed E-state index contributed by atoms with van der Waals surface area (Å²) in [7, 11) is 3.55. The second-order valence-electron chi connectivity index (χ2n) is 5.44. The number of nitrogens with zero attached hydrogens (tertiary/aromatic N) is 2. The maximum Gasteiger partial charge on any atom is 0.350 e. The van der Waals surface area contributed by atoms with Crippen LogP contribution >= 0.6 is 23.1 Å². The van der Waals surface area contributed by atoms with Crippen molar-refractivity contribution in [1.82, 2.24) is 4.90 Å². The number of anilines is 2. The third kappa shape index (κ3) is 3.00. The number of piperazine rings is 1. The highest BCUT2D eigenvalue weighted by Crippen LogP contribution is 2.44. The minimum Gasteiger partial charge on any atom is -0.465 e. The van der Waals surface area contributed by atoms with Gasteiger partial charge in [0.25, 0.3) is 0 Å². The highest BCUT2D eigenvalue weighted by molar-refractivity contribution is 7.99. The minimum atomic E-state index is -0.353. The monoisotopic (exact) mass is 329 g/mol. The molecule has 0 amide bonds. The fraction of sp³-hybridized carbons (Fsp3) is 0.643. The van der Waals surface area contributed by atoms with E-state index in [1.54, 1.807) is 11.8 Å². The zero-order valence-electron chi connectivity index (χ0n) is 13.2.